The van der Waals surface area contributed by atoms with Crippen LogP contribution in [-0.4, -0.2) is 19.7 Å². The number of ether oxygens (including phenoxy) is 2. The summed E-state index contributed by atoms with van der Waals surface area (Å²) in [5.41, 5.74) is 6.91. The molecule has 0 bridgehead atoms. The lowest BCUT2D eigenvalue weighted by molar-refractivity contribution is 0.0526. The van der Waals surface area contributed by atoms with E-state index >= 15 is 0 Å². The van der Waals surface area contributed by atoms with Crippen LogP contribution in [0.4, 0.5) is 0 Å². The Kier molecular flexibility index (Phi) is 6.12. The lowest BCUT2D eigenvalue weighted by Gasteiger charge is -2.43. The molecule has 0 saturated carbocycles. The van der Waals surface area contributed by atoms with Gasteiger partial charge in [-0.15, -0.1) is 0 Å². The van der Waals surface area contributed by atoms with E-state index in [0.29, 0.717) is 12.2 Å². The van der Waals surface area contributed by atoms with Crippen molar-refractivity contribution >= 4 is 18.1 Å². The summed E-state index contributed by atoms with van der Waals surface area (Å²) < 4.78 is 11.1. The van der Waals surface area contributed by atoms with Crippen LogP contribution in [-0.2, 0) is 15.6 Å². The Morgan fingerprint density at radius 1 is 1.03 bits per heavy atom. The number of fused-ring (bicyclic) bond motifs is 1. The highest BCUT2D eigenvalue weighted by Crippen LogP contribution is 2.51. The molecule has 1 aliphatic carbocycles. The van der Waals surface area contributed by atoms with Crippen LogP contribution in [0.3, 0.4) is 0 Å². The maximum atomic E-state index is 11.9. The highest BCUT2D eigenvalue weighted by atomic mass is 16.5. The zero-order valence-electron chi connectivity index (χ0n) is 19.4. The van der Waals surface area contributed by atoms with E-state index in [1.54, 1.807) is 19.2 Å². The Morgan fingerprint density at radius 3 is 2.27 bits per heavy atom. The monoisotopic (exact) mass is 406 g/mol. The molecule has 3 heteroatoms. The molecule has 0 heterocycles. The molecule has 0 aromatic heterocycles. The predicted octanol–water partition coefficient (Wildman–Crippen LogP) is 6.70. The minimum Gasteiger partial charge on any atom is -0.496 e. The Bertz CT molecular complexity index is 963. The second-order valence-electron chi connectivity index (χ2n) is 9.51. The molecule has 0 unspecified atom stereocenters. The van der Waals surface area contributed by atoms with Gasteiger partial charge in [0.2, 0.25) is 0 Å². The molecule has 3 rings (SSSR count). The van der Waals surface area contributed by atoms with Crippen molar-refractivity contribution in [1.82, 2.24) is 0 Å². The normalized spacial score (nSPS) is 16.9. The molecule has 0 N–H and O–H groups in total. The van der Waals surface area contributed by atoms with Gasteiger partial charge in [-0.05, 0) is 66.3 Å². The number of benzene rings is 2. The number of hydrogen-bond donors (Lipinski definition) is 0. The molecule has 3 nitrogen and oxygen atoms in total. The molecule has 0 atom stereocenters. The summed E-state index contributed by atoms with van der Waals surface area (Å²) in [5, 5.41) is 0. The van der Waals surface area contributed by atoms with Gasteiger partial charge in [-0.3, -0.25) is 0 Å². The van der Waals surface area contributed by atoms with Crippen LogP contribution < -0.4 is 4.74 Å². The number of methoxy groups -OCH3 is 1. The smallest absolute Gasteiger partial charge is 0.338 e. The Morgan fingerprint density at radius 2 is 1.67 bits per heavy atom. The summed E-state index contributed by atoms with van der Waals surface area (Å²) in [6.07, 6.45) is 6.53. The fraction of sp³-hybridized carbons (Fsp3) is 0.444. The van der Waals surface area contributed by atoms with Crippen molar-refractivity contribution in [3.05, 3.63) is 63.7 Å². The van der Waals surface area contributed by atoms with E-state index in [1.807, 2.05) is 19.1 Å². The zero-order valence-corrected chi connectivity index (χ0v) is 19.4. The molecular formula is C27H34O3. The Balaban J connectivity index is 2.02. The van der Waals surface area contributed by atoms with Gasteiger partial charge >= 0.3 is 5.97 Å². The maximum absolute atomic E-state index is 11.9. The van der Waals surface area contributed by atoms with Gasteiger partial charge in [-0.2, -0.15) is 0 Å². The van der Waals surface area contributed by atoms with Gasteiger partial charge in [0.05, 0.1) is 19.3 Å². The Hall–Kier alpha value is -2.55. The van der Waals surface area contributed by atoms with Crippen molar-refractivity contribution in [3.63, 3.8) is 0 Å². The molecular weight excluding hydrogens is 372 g/mol. The van der Waals surface area contributed by atoms with Crippen LogP contribution in [0.1, 0.15) is 85.6 Å². The van der Waals surface area contributed by atoms with E-state index in [0.717, 1.165) is 23.3 Å². The first-order valence-corrected chi connectivity index (χ1v) is 10.8. The molecule has 30 heavy (non-hydrogen) atoms. The number of aryl methyl sites for hydroxylation is 1. The van der Waals surface area contributed by atoms with Crippen molar-refractivity contribution in [3.8, 4) is 5.75 Å². The quantitative estimate of drug-likeness (QED) is 0.409. The minimum absolute atomic E-state index is 0.0772. The van der Waals surface area contributed by atoms with Gasteiger partial charge in [-0.1, -0.05) is 58.0 Å². The van der Waals surface area contributed by atoms with Gasteiger partial charge in [-0.25, -0.2) is 4.79 Å². The second-order valence-corrected chi connectivity index (χ2v) is 9.51. The molecule has 0 radical (unpaired) electrons. The number of carbonyl (C=O) groups excluding carboxylic acids is 1. The lowest BCUT2D eigenvalue weighted by atomic mass is 9.62. The molecule has 2 aromatic carbocycles. The van der Waals surface area contributed by atoms with Gasteiger partial charge in [0, 0.05) is 11.1 Å². The van der Waals surface area contributed by atoms with Gasteiger partial charge in [0.15, 0.2) is 0 Å². The number of rotatable bonds is 5. The van der Waals surface area contributed by atoms with Gasteiger partial charge in [0.1, 0.15) is 5.75 Å². The van der Waals surface area contributed by atoms with E-state index < -0.39 is 0 Å². The molecule has 0 aliphatic heterocycles. The molecule has 0 amide bonds. The number of esters is 1. The first kappa shape index (κ1) is 22.1. The lowest BCUT2D eigenvalue weighted by Crippen LogP contribution is -2.34. The topological polar surface area (TPSA) is 35.5 Å². The van der Waals surface area contributed by atoms with Crippen LogP contribution >= 0.6 is 0 Å². The molecule has 1 aliphatic rings. The van der Waals surface area contributed by atoms with Crippen molar-refractivity contribution in [2.24, 2.45) is 0 Å². The predicted molar refractivity (Wildman–Crippen MR) is 124 cm³/mol. The first-order chi connectivity index (χ1) is 14.1. The van der Waals surface area contributed by atoms with Crippen molar-refractivity contribution in [2.45, 2.75) is 65.2 Å². The van der Waals surface area contributed by atoms with Crippen LogP contribution in [0.5, 0.6) is 5.75 Å². The fourth-order valence-corrected chi connectivity index (χ4v) is 4.44. The SMILES string of the molecule is CCOC(=O)c1ccc(/C=C/c2c(C)cc3c(c2OC)C(C)(C)CCC3(C)C)cc1. The summed E-state index contributed by atoms with van der Waals surface area (Å²) in [4.78, 5) is 11.9. The van der Waals surface area contributed by atoms with E-state index in [2.05, 4.69) is 52.8 Å². The Labute approximate surface area is 181 Å². The average molecular weight is 407 g/mol. The molecule has 0 spiro atoms. The summed E-state index contributed by atoms with van der Waals surface area (Å²) in [6, 6.07) is 9.84. The summed E-state index contributed by atoms with van der Waals surface area (Å²) >= 11 is 0. The summed E-state index contributed by atoms with van der Waals surface area (Å²) in [7, 11) is 1.78. The zero-order chi connectivity index (χ0) is 22.1. The standard InChI is InChI=1S/C27H34O3/c1-8-30-25(28)20-12-9-19(10-13-20)11-14-21-18(2)17-22-23(24(21)29-7)27(5,6)16-15-26(22,3)4/h9-14,17H,8,15-16H2,1-7H3/b14-11+. The number of hydrogen-bond acceptors (Lipinski definition) is 3. The van der Waals surface area contributed by atoms with Crippen LogP contribution in [0.15, 0.2) is 30.3 Å². The molecule has 2 aromatic rings. The van der Waals surface area contributed by atoms with Crippen LogP contribution in [0.25, 0.3) is 12.2 Å². The third-order valence-electron chi connectivity index (χ3n) is 6.38. The number of carbonyl (C=O) groups is 1. The highest BCUT2D eigenvalue weighted by molar-refractivity contribution is 5.89. The van der Waals surface area contributed by atoms with Crippen molar-refractivity contribution < 1.29 is 14.3 Å². The summed E-state index contributed by atoms with van der Waals surface area (Å²) in [5.74, 6) is 0.701. The molecule has 160 valence electrons. The highest BCUT2D eigenvalue weighted by Gasteiger charge is 2.40. The summed E-state index contributed by atoms with van der Waals surface area (Å²) in [6.45, 7) is 13.7. The van der Waals surface area contributed by atoms with Crippen LogP contribution in [0, 0.1) is 6.92 Å². The minimum atomic E-state index is -0.287. The largest absolute Gasteiger partial charge is 0.496 e. The maximum Gasteiger partial charge on any atom is 0.338 e. The van der Waals surface area contributed by atoms with Gasteiger partial charge < -0.3 is 9.47 Å². The van der Waals surface area contributed by atoms with E-state index in [4.69, 9.17) is 9.47 Å². The van der Waals surface area contributed by atoms with Crippen LogP contribution in [0.2, 0.25) is 0 Å². The fourth-order valence-electron chi connectivity index (χ4n) is 4.44. The third-order valence-corrected chi connectivity index (χ3v) is 6.38. The van der Waals surface area contributed by atoms with E-state index in [9.17, 15) is 4.79 Å². The molecule has 0 fully saturated rings. The van der Waals surface area contributed by atoms with Crippen molar-refractivity contribution in [1.29, 1.82) is 0 Å². The third kappa shape index (κ3) is 4.16. The molecule has 0 saturated heterocycles. The second kappa shape index (κ2) is 8.29. The average Bonchev–Trinajstić information content (AvgIpc) is 2.70. The first-order valence-electron chi connectivity index (χ1n) is 10.8. The van der Waals surface area contributed by atoms with E-state index in [1.165, 1.54) is 23.1 Å². The van der Waals surface area contributed by atoms with Gasteiger partial charge in [0.25, 0.3) is 0 Å². The van der Waals surface area contributed by atoms with E-state index in [-0.39, 0.29) is 16.8 Å². The van der Waals surface area contributed by atoms with Crippen molar-refractivity contribution in [2.75, 3.05) is 13.7 Å².